The molecule has 2 aromatic rings. The maximum atomic E-state index is 14.6. The van der Waals surface area contributed by atoms with Gasteiger partial charge in [-0.2, -0.15) is 0 Å². The Hall–Kier alpha value is -8.75. The van der Waals surface area contributed by atoms with Crippen molar-refractivity contribution in [3.05, 3.63) is 65.7 Å². The van der Waals surface area contributed by atoms with E-state index in [-0.39, 0.29) is 124 Å². The molecule has 0 spiro atoms. The molecule has 14 amide bonds. The number of primary amides is 1. The Bertz CT molecular complexity index is 3520. The number of hydrogen-bond acceptors (Lipinski definition) is 20. The molecule has 3 saturated heterocycles. The first-order chi connectivity index (χ1) is 52.5. The number of thioether (sulfide) groups is 1. The van der Waals surface area contributed by atoms with E-state index in [9.17, 15) is 67.1 Å². The number of amides is 14. The molecule has 1 aliphatic carbocycles. The number of nitrogens with one attached hydrogen (secondary N) is 7. The molecular formula is C79H121N13O18S. The largest absolute Gasteiger partial charge is 0.445 e. The molecule has 4 aliphatic rings. The van der Waals surface area contributed by atoms with Crippen molar-refractivity contribution in [3.8, 4) is 0 Å². The Morgan fingerprint density at radius 2 is 1.37 bits per heavy atom. The normalized spacial score (nSPS) is 19.1. The quantitative estimate of drug-likeness (QED) is 0.0278. The fraction of sp³-hybridized carbons (Fsp3) is 0.671. The molecule has 111 heavy (non-hydrogen) atoms. The Balaban J connectivity index is 0.987. The molecule has 4 fully saturated rings. The molecule has 1 saturated carbocycles. The molecule has 13 atom stereocenters. The number of carbonyl (C=O) groups excluding carboxylic acids is 14. The first-order valence-electron chi connectivity index (χ1n) is 39.0. The smallest absolute Gasteiger partial charge is 0.408 e. The molecule has 2 aromatic carbocycles. The minimum atomic E-state index is -1.14. The molecule has 0 aromatic heterocycles. The fourth-order valence-electron chi connectivity index (χ4n) is 14.7. The van der Waals surface area contributed by atoms with Crippen LogP contribution in [-0.4, -0.2) is 228 Å². The molecule has 32 heteroatoms. The monoisotopic (exact) mass is 1570 g/mol. The zero-order valence-electron chi connectivity index (χ0n) is 67.4. The summed E-state index contributed by atoms with van der Waals surface area (Å²) in [6.07, 6.45) is 2.52. The third-order valence-electron chi connectivity index (χ3n) is 21.5. The molecule has 3 heterocycles. The molecule has 3 aliphatic heterocycles. The number of urea groups is 1. The number of hydroxylamine groups is 2. The number of unbranched alkanes of at least 4 members (excludes halogenated alkanes) is 2. The van der Waals surface area contributed by atoms with Gasteiger partial charge in [-0.05, 0) is 125 Å². The number of hydrogen-bond donors (Lipinski definition) is 8. The summed E-state index contributed by atoms with van der Waals surface area (Å²) in [5.74, 6) is -6.42. The van der Waals surface area contributed by atoms with Crippen molar-refractivity contribution in [3.63, 3.8) is 0 Å². The van der Waals surface area contributed by atoms with E-state index in [2.05, 4.69) is 37.2 Å². The van der Waals surface area contributed by atoms with Gasteiger partial charge in [0.1, 0.15) is 24.7 Å². The van der Waals surface area contributed by atoms with E-state index in [0.717, 1.165) is 0 Å². The average molecular weight is 1570 g/mol. The number of benzene rings is 2. The number of alkyl carbamates (subject to hydrolysis) is 1. The van der Waals surface area contributed by atoms with Crippen molar-refractivity contribution in [2.24, 2.45) is 40.7 Å². The number of imide groups is 2. The van der Waals surface area contributed by atoms with Gasteiger partial charge in [-0.15, -0.1) is 16.8 Å². The van der Waals surface area contributed by atoms with Crippen LogP contribution in [0.15, 0.2) is 54.6 Å². The zero-order valence-corrected chi connectivity index (χ0v) is 68.2. The zero-order chi connectivity index (χ0) is 82.1. The Kier molecular flexibility index (Phi) is 35.6. The van der Waals surface area contributed by atoms with Crippen molar-refractivity contribution >= 4 is 101 Å². The van der Waals surface area contributed by atoms with Crippen LogP contribution in [0.1, 0.15) is 189 Å². The van der Waals surface area contributed by atoms with E-state index in [0.29, 0.717) is 85.5 Å². The fourth-order valence-corrected chi connectivity index (χ4v) is 16.2. The van der Waals surface area contributed by atoms with E-state index in [1.165, 1.54) is 30.9 Å². The first kappa shape index (κ1) is 91.1. The van der Waals surface area contributed by atoms with Gasteiger partial charge in [0.15, 0.2) is 0 Å². The summed E-state index contributed by atoms with van der Waals surface area (Å²) < 4.78 is 17.9. The predicted molar refractivity (Wildman–Crippen MR) is 415 cm³/mol. The highest BCUT2D eigenvalue weighted by molar-refractivity contribution is 8.00. The highest BCUT2D eigenvalue weighted by atomic mass is 32.2. The lowest BCUT2D eigenvalue weighted by Crippen LogP contribution is -2.59. The van der Waals surface area contributed by atoms with Gasteiger partial charge in [0.2, 0.25) is 53.2 Å². The third-order valence-corrected chi connectivity index (χ3v) is 23.0. The van der Waals surface area contributed by atoms with Gasteiger partial charge in [0, 0.05) is 78.0 Å². The minimum Gasteiger partial charge on any atom is -0.445 e. The van der Waals surface area contributed by atoms with E-state index < -0.39 is 131 Å². The van der Waals surface area contributed by atoms with Crippen molar-refractivity contribution < 1.29 is 86.2 Å². The van der Waals surface area contributed by atoms with Crippen molar-refractivity contribution in [2.75, 3.05) is 66.1 Å². The summed E-state index contributed by atoms with van der Waals surface area (Å²) in [4.78, 5) is 198. The van der Waals surface area contributed by atoms with Crippen molar-refractivity contribution in [1.29, 1.82) is 0 Å². The topological polar surface area (TPSA) is 402 Å². The number of likely N-dealkylation sites (N-methyl/N-ethyl adjacent to an activating group) is 2. The van der Waals surface area contributed by atoms with Crippen LogP contribution in [0, 0.1) is 35.0 Å². The average Bonchev–Trinajstić information content (AvgIpc) is 1.71. The molecule has 0 radical (unpaired) electrons. The lowest BCUT2D eigenvalue weighted by molar-refractivity contribution is -0.198. The second-order valence-corrected chi connectivity index (χ2v) is 32.5. The van der Waals surface area contributed by atoms with E-state index in [1.807, 2.05) is 78.7 Å². The van der Waals surface area contributed by atoms with Gasteiger partial charge >= 0.3 is 18.1 Å². The summed E-state index contributed by atoms with van der Waals surface area (Å²) in [7, 11) is 8.40. The maximum absolute atomic E-state index is 14.6. The Labute approximate surface area is 657 Å². The van der Waals surface area contributed by atoms with Gasteiger partial charge in [-0.3, -0.25) is 62.5 Å². The number of likely N-dealkylation sites (tertiary alicyclic amines) is 2. The molecule has 0 bridgehead atoms. The lowest BCUT2D eigenvalue weighted by Gasteiger charge is -2.41. The lowest BCUT2D eigenvalue weighted by atomic mass is 9.89. The van der Waals surface area contributed by atoms with Crippen LogP contribution >= 0.6 is 11.8 Å². The summed E-state index contributed by atoms with van der Waals surface area (Å²) in [5, 5.41) is 19.8. The van der Waals surface area contributed by atoms with Crippen LogP contribution in [0.25, 0.3) is 0 Å². The number of methoxy groups -OCH3 is 2. The number of carbonyl (C=O) groups is 14. The maximum Gasteiger partial charge on any atom is 0.408 e. The van der Waals surface area contributed by atoms with Crippen molar-refractivity contribution in [1.82, 2.24) is 56.6 Å². The van der Waals surface area contributed by atoms with Crippen LogP contribution in [0.5, 0.6) is 0 Å². The Morgan fingerprint density at radius 3 is 1.95 bits per heavy atom. The number of ether oxygens (including phenoxy) is 3. The number of rotatable bonds is 45. The Morgan fingerprint density at radius 1 is 0.712 bits per heavy atom. The molecule has 2 unspecified atom stereocenters. The van der Waals surface area contributed by atoms with Crippen LogP contribution < -0.4 is 43.0 Å². The molecule has 9 N–H and O–H groups in total. The van der Waals surface area contributed by atoms with Gasteiger partial charge in [0.25, 0.3) is 11.8 Å². The van der Waals surface area contributed by atoms with Gasteiger partial charge < -0.3 is 71.8 Å². The predicted octanol–water partition coefficient (Wildman–Crippen LogP) is 6.02. The van der Waals surface area contributed by atoms with Crippen LogP contribution in [0.4, 0.5) is 15.3 Å². The first-order valence-corrected chi connectivity index (χ1v) is 40.0. The van der Waals surface area contributed by atoms with Crippen LogP contribution in [-0.2, 0) is 83.2 Å². The number of nitrogens with zero attached hydrogens (tertiary/aromatic N) is 5. The van der Waals surface area contributed by atoms with E-state index in [4.69, 9.17) is 24.8 Å². The molecule has 31 nitrogen and oxygen atoms in total. The standard InChI is InChI=1S/C79H121N13O18S/c1-16-49(8)69(89(13)76(104)66(47(4)5)86-74(102)68(48(6)7)88(11)12)57(107-14)41-62(96)90-40-24-28-56(90)70(108-15)50(9)71(99)82-51(10)67(53-25-19-17-20-26-53)87-78(106)109-44-52-30-32-54(33-31-52)83-72(100)55(27-23-38-81-77(80)105)84-73(101)65(46(2)3)85-59(93)29-21-18-22-39-91-63(97)42-58(75(91)103)111-45-79(36-37-79)43-64(98)110-92-60(94)34-35-61(92)95/h17,19-20,25-26,30-33,46-51,55-58,65-70H,16,18,21-24,27-29,34-45H2,1-15H3,(H,82,99)(H,83,100)(H,84,101)(H,85,93)(H,86,102)(H,87,106)(H3,80,81,105)/t49-,50+,51+,55-,56-,57+,58?,65-,66-,67?,68-,69-,70+/m0/s1. The van der Waals surface area contributed by atoms with E-state index in [1.54, 1.807) is 80.9 Å². The second kappa shape index (κ2) is 43.3. The number of nitrogens with two attached hydrogens (primary N) is 1. The summed E-state index contributed by atoms with van der Waals surface area (Å²) in [6, 6.07) is 8.71. The highest BCUT2D eigenvalue weighted by Gasteiger charge is 2.49. The highest BCUT2D eigenvalue weighted by Crippen LogP contribution is 2.52. The van der Waals surface area contributed by atoms with Gasteiger partial charge in [-0.1, -0.05) is 118 Å². The molecule has 6 rings (SSSR count). The summed E-state index contributed by atoms with van der Waals surface area (Å²) in [5.41, 5.74) is 6.39. The third kappa shape index (κ3) is 26.4. The SMILES string of the molecule is CC[C@H](C)[C@@H]([C@@H](CC(=O)N1CCC[C@H]1[C@H](OC)[C@@H](C)C(=O)N[C@H](C)C(NC(=O)OCc1ccc(NC(=O)[C@H](CCCNC(N)=O)NC(=O)[C@@H](NC(=O)CCCCCN2C(=O)CC(SCC3(CC(=O)ON4C(=O)CCC4=O)CC3)C2=O)C(C)C)cc1)c1ccccc1)OC)N(C)C(=O)[C@@H](NC(=O)[C@H](C(C)C)N(C)C)C(C)C. The summed E-state index contributed by atoms with van der Waals surface area (Å²) in [6.45, 7) is 19.1. The molecule has 616 valence electrons. The summed E-state index contributed by atoms with van der Waals surface area (Å²) >= 11 is 1.30. The van der Waals surface area contributed by atoms with Crippen molar-refractivity contribution in [2.45, 2.75) is 244 Å². The molecular weight excluding hydrogens is 1450 g/mol. The van der Waals surface area contributed by atoms with Gasteiger partial charge in [-0.25, -0.2) is 14.4 Å². The minimum absolute atomic E-state index is 0.00982. The number of anilines is 1. The van der Waals surface area contributed by atoms with Crippen LogP contribution in [0.3, 0.4) is 0 Å². The second-order valence-electron chi connectivity index (χ2n) is 31.3. The van der Waals surface area contributed by atoms with Gasteiger partial charge in [0.05, 0.1) is 66.4 Å². The van der Waals surface area contributed by atoms with E-state index >= 15 is 0 Å². The van der Waals surface area contributed by atoms with Crippen LogP contribution in [0.2, 0.25) is 0 Å².